The van der Waals surface area contributed by atoms with Crippen LogP contribution >= 0.6 is 24.0 Å². The molecule has 170 valence electrons. The maximum atomic E-state index is 5.54. The highest BCUT2D eigenvalue weighted by molar-refractivity contribution is 14.0. The highest BCUT2D eigenvalue weighted by Gasteiger charge is 2.29. The Morgan fingerprint density at radius 1 is 1.10 bits per heavy atom. The zero-order valence-corrected chi connectivity index (χ0v) is 21.2. The molecule has 0 amide bonds. The van der Waals surface area contributed by atoms with Crippen molar-refractivity contribution in [2.24, 2.45) is 4.99 Å². The maximum absolute atomic E-state index is 5.54. The fraction of sp³-hybridized carbons (Fsp3) is 0.682. The Hall–Kier alpha value is -1.26. The summed E-state index contributed by atoms with van der Waals surface area (Å²) in [6, 6.07) is 8.26. The molecule has 0 aromatic heterocycles. The molecule has 2 fully saturated rings. The Morgan fingerprint density at radius 2 is 1.77 bits per heavy atom. The summed E-state index contributed by atoms with van der Waals surface area (Å²) in [7, 11) is 1.74. The summed E-state index contributed by atoms with van der Waals surface area (Å²) >= 11 is 0. The summed E-state index contributed by atoms with van der Waals surface area (Å²) in [5.41, 5.74) is 1.20. The predicted molar refractivity (Wildman–Crippen MR) is 135 cm³/mol. The van der Waals surface area contributed by atoms with Crippen LogP contribution in [0.1, 0.15) is 20.8 Å². The van der Waals surface area contributed by atoms with Gasteiger partial charge >= 0.3 is 0 Å². The summed E-state index contributed by atoms with van der Waals surface area (Å²) in [6.45, 7) is 15.8. The lowest BCUT2D eigenvalue weighted by Gasteiger charge is -2.41. The molecular formula is C22H38IN5O2. The number of piperazine rings is 1. The Morgan fingerprint density at radius 3 is 2.40 bits per heavy atom. The molecule has 1 aromatic carbocycles. The van der Waals surface area contributed by atoms with Crippen LogP contribution in [0.4, 0.5) is 5.69 Å². The standard InChI is InChI=1S/C22H37N5O2.HI/c1-5-23-21(24-18-22(2,3)27-14-16-29-17-15-27)26-12-10-25(11-13-26)19-8-6-7-9-20(19)28-4;/h6-9H,5,10-18H2,1-4H3,(H,23,24);1H. The van der Waals surface area contributed by atoms with Crippen LogP contribution in [0.2, 0.25) is 0 Å². The van der Waals surface area contributed by atoms with E-state index in [2.05, 4.69) is 52.9 Å². The SMILES string of the molecule is CCNC(=NCC(C)(C)N1CCOCC1)N1CCN(c2ccccc2OC)CC1.I. The van der Waals surface area contributed by atoms with E-state index in [1.54, 1.807) is 7.11 Å². The minimum absolute atomic E-state index is 0. The van der Waals surface area contributed by atoms with E-state index in [0.717, 1.165) is 77.3 Å². The number of rotatable bonds is 6. The first-order chi connectivity index (χ1) is 14.0. The number of nitrogens with zero attached hydrogens (tertiary/aromatic N) is 4. The second-order valence-corrected chi connectivity index (χ2v) is 8.23. The first-order valence-corrected chi connectivity index (χ1v) is 10.8. The van der Waals surface area contributed by atoms with Crippen LogP contribution in [-0.4, -0.2) is 94.0 Å². The Labute approximate surface area is 198 Å². The molecule has 0 saturated carbocycles. The van der Waals surface area contributed by atoms with Gasteiger partial charge in [-0.25, -0.2) is 0 Å². The number of benzene rings is 1. The molecule has 0 bridgehead atoms. The van der Waals surface area contributed by atoms with Crippen molar-refractivity contribution in [1.29, 1.82) is 0 Å². The average Bonchev–Trinajstić information content (AvgIpc) is 2.77. The number of aliphatic imine (C=N–C) groups is 1. The number of hydrogen-bond acceptors (Lipinski definition) is 5. The highest BCUT2D eigenvalue weighted by Crippen LogP contribution is 2.28. The van der Waals surface area contributed by atoms with Crippen LogP contribution in [0.15, 0.2) is 29.3 Å². The van der Waals surface area contributed by atoms with Gasteiger partial charge < -0.3 is 24.6 Å². The fourth-order valence-electron chi connectivity index (χ4n) is 4.01. The van der Waals surface area contributed by atoms with Crippen molar-refractivity contribution in [2.45, 2.75) is 26.3 Å². The lowest BCUT2D eigenvalue weighted by molar-refractivity contribution is -0.00689. The molecule has 8 heteroatoms. The smallest absolute Gasteiger partial charge is 0.194 e. The molecule has 30 heavy (non-hydrogen) atoms. The highest BCUT2D eigenvalue weighted by atomic mass is 127. The number of ether oxygens (including phenoxy) is 2. The van der Waals surface area contributed by atoms with Gasteiger partial charge in [-0.15, -0.1) is 24.0 Å². The molecule has 0 atom stereocenters. The van der Waals surface area contributed by atoms with Crippen molar-refractivity contribution in [3.05, 3.63) is 24.3 Å². The predicted octanol–water partition coefficient (Wildman–Crippen LogP) is 2.51. The topological polar surface area (TPSA) is 52.6 Å². The minimum atomic E-state index is 0. The molecule has 3 rings (SSSR count). The Bertz CT molecular complexity index is 671. The first-order valence-electron chi connectivity index (χ1n) is 10.8. The molecule has 7 nitrogen and oxygen atoms in total. The van der Waals surface area contributed by atoms with E-state index in [1.807, 2.05) is 12.1 Å². The molecule has 1 N–H and O–H groups in total. The molecule has 2 aliphatic heterocycles. The fourth-order valence-corrected chi connectivity index (χ4v) is 4.01. The molecular weight excluding hydrogens is 493 g/mol. The summed E-state index contributed by atoms with van der Waals surface area (Å²) in [5.74, 6) is 1.96. The number of para-hydroxylation sites is 2. The lowest BCUT2D eigenvalue weighted by atomic mass is 10.0. The van der Waals surface area contributed by atoms with Gasteiger partial charge in [-0.2, -0.15) is 0 Å². The normalized spacial score (nSPS) is 18.7. The van der Waals surface area contributed by atoms with Gasteiger partial charge in [-0.3, -0.25) is 9.89 Å². The van der Waals surface area contributed by atoms with Crippen molar-refractivity contribution in [3.63, 3.8) is 0 Å². The zero-order valence-electron chi connectivity index (χ0n) is 18.9. The third-order valence-electron chi connectivity index (χ3n) is 5.82. The van der Waals surface area contributed by atoms with Gasteiger partial charge in [0.05, 0.1) is 32.6 Å². The van der Waals surface area contributed by atoms with Gasteiger partial charge in [0.2, 0.25) is 0 Å². The van der Waals surface area contributed by atoms with E-state index in [0.29, 0.717) is 0 Å². The molecule has 2 aliphatic rings. The molecule has 2 saturated heterocycles. The molecule has 2 heterocycles. The molecule has 1 aromatic rings. The van der Waals surface area contributed by atoms with Crippen LogP contribution in [0.3, 0.4) is 0 Å². The van der Waals surface area contributed by atoms with Crippen molar-refractivity contribution in [1.82, 2.24) is 15.1 Å². The van der Waals surface area contributed by atoms with E-state index < -0.39 is 0 Å². The van der Waals surface area contributed by atoms with E-state index in [1.165, 1.54) is 5.69 Å². The number of halogens is 1. The van der Waals surface area contributed by atoms with Crippen LogP contribution < -0.4 is 15.0 Å². The summed E-state index contributed by atoms with van der Waals surface area (Å²) in [4.78, 5) is 12.3. The number of methoxy groups -OCH3 is 1. The van der Waals surface area contributed by atoms with E-state index in [9.17, 15) is 0 Å². The van der Waals surface area contributed by atoms with Crippen molar-refractivity contribution in [2.75, 3.05) is 77.6 Å². The van der Waals surface area contributed by atoms with Crippen LogP contribution in [-0.2, 0) is 4.74 Å². The Balaban J connectivity index is 0.00000320. The monoisotopic (exact) mass is 531 g/mol. The van der Waals surface area contributed by atoms with Gasteiger partial charge in [0.25, 0.3) is 0 Å². The number of anilines is 1. The summed E-state index contributed by atoms with van der Waals surface area (Å²) < 4.78 is 11.0. The third-order valence-corrected chi connectivity index (χ3v) is 5.82. The van der Waals surface area contributed by atoms with E-state index in [4.69, 9.17) is 14.5 Å². The summed E-state index contributed by atoms with van der Waals surface area (Å²) in [5, 5.41) is 3.49. The molecule has 0 radical (unpaired) electrons. The van der Waals surface area contributed by atoms with Crippen molar-refractivity contribution in [3.8, 4) is 5.75 Å². The average molecular weight is 531 g/mol. The van der Waals surface area contributed by atoms with Gasteiger partial charge in [-0.1, -0.05) is 12.1 Å². The number of guanidine groups is 1. The second-order valence-electron chi connectivity index (χ2n) is 8.23. The lowest BCUT2D eigenvalue weighted by Crippen LogP contribution is -2.54. The van der Waals surface area contributed by atoms with Crippen LogP contribution in [0.25, 0.3) is 0 Å². The number of nitrogens with one attached hydrogen (secondary N) is 1. The zero-order chi connectivity index (χ0) is 20.7. The second kappa shape index (κ2) is 12.0. The third kappa shape index (κ3) is 6.37. The van der Waals surface area contributed by atoms with Gasteiger partial charge in [-0.05, 0) is 32.9 Å². The quantitative estimate of drug-likeness (QED) is 0.346. The number of morpholine rings is 1. The van der Waals surface area contributed by atoms with Gasteiger partial charge in [0.1, 0.15) is 5.75 Å². The number of hydrogen-bond donors (Lipinski definition) is 1. The molecule has 0 unspecified atom stereocenters. The van der Waals surface area contributed by atoms with E-state index >= 15 is 0 Å². The van der Waals surface area contributed by atoms with Crippen LogP contribution in [0.5, 0.6) is 5.75 Å². The molecule has 0 aliphatic carbocycles. The summed E-state index contributed by atoms with van der Waals surface area (Å²) in [6.07, 6.45) is 0. The van der Waals surface area contributed by atoms with Crippen LogP contribution in [0, 0.1) is 0 Å². The maximum Gasteiger partial charge on any atom is 0.194 e. The van der Waals surface area contributed by atoms with Crippen molar-refractivity contribution < 1.29 is 9.47 Å². The Kier molecular flexibility index (Phi) is 9.96. The largest absolute Gasteiger partial charge is 0.495 e. The van der Waals surface area contributed by atoms with Gasteiger partial charge in [0, 0.05) is 51.4 Å². The first kappa shape index (κ1) is 25.0. The van der Waals surface area contributed by atoms with E-state index in [-0.39, 0.29) is 29.5 Å². The molecule has 0 spiro atoms. The van der Waals surface area contributed by atoms with Crippen molar-refractivity contribution >= 4 is 35.6 Å². The minimum Gasteiger partial charge on any atom is -0.495 e. The van der Waals surface area contributed by atoms with Gasteiger partial charge in [0.15, 0.2) is 5.96 Å².